The lowest BCUT2D eigenvalue weighted by Crippen LogP contribution is -2.42. The number of esters is 1. The van der Waals surface area contributed by atoms with E-state index in [0.29, 0.717) is 6.04 Å². The summed E-state index contributed by atoms with van der Waals surface area (Å²) < 4.78 is 4.84. The van der Waals surface area contributed by atoms with Crippen molar-refractivity contribution in [1.29, 1.82) is 0 Å². The summed E-state index contributed by atoms with van der Waals surface area (Å²) in [5.41, 5.74) is 0. The van der Waals surface area contributed by atoms with Gasteiger partial charge in [-0.15, -0.1) is 0 Å². The first-order chi connectivity index (χ1) is 8.52. The molecule has 0 aromatic carbocycles. The monoisotopic (exact) mass is 257 g/mol. The Morgan fingerprint density at radius 1 is 1.28 bits per heavy atom. The summed E-state index contributed by atoms with van der Waals surface area (Å²) in [5.74, 6) is -0.136. The molecule has 5 heteroatoms. The first kappa shape index (κ1) is 15.4. The molecule has 1 aliphatic rings. The van der Waals surface area contributed by atoms with Gasteiger partial charge in [-0.05, 0) is 47.0 Å². The van der Waals surface area contributed by atoms with Crippen LogP contribution >= 0.6 is 0 Å². The maximum absolute atomic E-state index is 11.6. The van der Waals surface area contributed by atoms with Crippen LogP contribution < -0.4 is 5.32 Å². The van der Waals surface area contributed by atoms with Gasteiger partial charge in [-0.1, -0.05) is 0 Å². The van der Waals surface area contributed by atoms with Crippen LogP contribution in [0.15, 0.2) is 0 Å². The van der Waals surface area contributed by atoms with Gasteiger partial charge in [0.25, 0.3) is 0 Å². The molecule has 106 valence electrons. The van der Waals surface area contributed by atoms with E-state index in [1.165, 1.54) is 20.0 Å². The summed E-state index contributed by atoms with van der Waals surface area (Å²) in [7, 11) is 7.69. The van der Waals surface area contributed by atoms with Crippen molar-refractivity contribution in [2.75, 3.05) is 47.9 Å². The summed E-state index contributed by atoms with van der Waals surface area (Å²) in [4.78, 5) is 16.1. The zero-order chi connectivity index (χ0) is 13.5. The molecule has 18 heavy (non-hydrogen) atoms. The van der Waals surface area contributed by atoms with Crippen molar-refractivity contribution in [2.45, 2.75) is 31.3 Å². The van der Waals surface area contributed by atoms with Gasteiger partial charge in [0, 0.05) is 19.1 Å². The highest BCUT2D eigenvalue weighted by atomic mass is 16.5. The molecule has 0 aromatic heterocycles. The minimum absolute atomic E-state index is 0.136. The van der Waals surface area contributed by atoms with Gasteiger partial charge in [0.2, 0.25) is 0 Å². The van der Waals surface area contributed by atoms with Gasteiger partial charge in [0.15, 0.2) is 0 Å². The van der Waals surface area contributed by atoms with Crippen molar-refractivity contribution in [1.82, 2.24) is 15.1 Å². The van der Waals surface area contributed by atoms with E-state index in [2.05, 4.69) is 36.3 Å². The van der Waals surface area contributed by atoms with Gasteiger partial charge >= 0.3 is 5.97 Å². The summed E-state index contributed by atoms with van der Waals surface area (Å²) in [5, 5.41) is 3.35. The quantitative estimate of drug-likeness (QED) is 0.596. The third-order valence-electron chi connectivity index (χ3n) is 3.23. The van der Waals surface area contributed by atoms with Crippen LogP contribution in [0.3, 0.4) is 0 Å². The zero-order valence-corrected chi connectivity index (χ0v) is 12.1. The van der Waals surface area contributed by atoms with Crippen molar-refractivity contribution in [3.63, 3.8) is 0 Å². The number of nitrogens with zero attached hydrogens (tertiary/aromatic N) is 2. The fraction of sp³-hybridized carbons (Fsp3) is 0.923. The van der Waals surface area contributed by atoms with Gasteiger partial charge in [0.1, 0.15) is 6.04 Å². The number of likely N-dealkylation sites (N-methyl/N-ethyl adjacent to an activating group) is 2. The summed E-state index contributed by atoms with van der Waals surface area (Å²) in [6, 6.07) is 0.380. The Morgan fingerprint density at radius 2 is 1.94 bits per heavy atom. The minimum atomic E-state index is -0.149. The fourth-order valence-corrected chi connectivity index (χ4v) is 1.78. The minimum Gasteiger partial charge on any atom is -0.468 e. The lowest BCUT2D eigenvalue weighted by atomic mass is 10.2. The first-order valence-corrected chi connectivity index (χ1v) is 6.70. The average molecular weight is 257 g/mol. The molecule has 1 unspecified atom stereocenters. The number of hydrogen-bond acceptors (Lipinski definition) is 5. The lowest BCUT2D eigenvalue weighted by Gasteiger charge is -2.22. The van der Waals surface area contributed by atoms with E-state index >= 15 is 0 Å². The second kappa shape index (κ2) is 7.71. The van der Waals surface area contributed by atoms with Crippen LogP contribution in [0.2, 0.25) is 0 Å². The molecule has 0 radical (unpaired) electrons. The number of nitrogens with one attached hydrogen (secondary N) is 1. The third kappa shape index (κ3) is 6.33. The van der Waals surface area contributed by atoms with E-state index in [1.54, 1.807) is 0 Å². The van der Waals surface area contributed by atoms with Crippen LogP contribution in [0.5, 0.6) is 0 Å². The van der Waals surface area contributed by atoms with Gasteiger partial charge in [-0.25, -0.2) is 0 Å². The summed E-state index contributed by atoms with van der Waals surface area (Å²) in [6.45, 7) is 2.97. The van der Waals surface area contributed by atoms with Crippen molar-refractivity contribution < 1.29 is 9.53 Å². The summed E-state index contributed by atoms with van der Waals surface area (Å²) >= 11 is 0. The van der Waals surface area contributed by atoms with Gasteiger partial charge in [-0.3, -0.25) is 4.79 Å². The Hall–Kier alpha value is -0.650. The molecule has 0 aromatic rings. The standard InChI is InChI=1S/C13H27N3O2/c1-15(2)9-10-16(3)8-7-12(13(17)18-4)14-11-5-6-11/h11-12,14H,5-10H2,1-4H3. The van der Waals surface area contributed by atoms with Crippen molar-refractivity contribution in [3.05, 3.63) is 0 Å². The second-order valence-corrected chi connectivity index (χ2v) is 5.41. The number of carbonyl (C=O) groups excluding carboxylic acids is 1. The molecule has 0 bridgehead atoms. The molecule has 0 heterocycles. The van der Waals surface area contributed by atoms with Gasteiger partial charge in [0.05, 0.1) is 7.11 Å². The molecule has 1 fully saturated rings. The molecule has 0 saturated heterocycles. The third-order valence-corrected chi connectivity index (χ3v) is 3.23. The second-order valence-electron chi connectivity index (χ2n) is 5.41. The Kier molecular flexibility index (Phi) is 6.60. The summed E-state index contributed by atoms with van der Waals surface area (Å²) in [6.07, 6.45) is 3.18. The molecule has 0 amide bonds. The average Bonchev–Trinajstić information content (AvgIpc) is 3.14. The van der Waals surface area contributed by atoms with E-state index < -0.39 is 0 Å². The van der Waals surface area contributed by atoms with Crippen molar-refractivity contribution in [2.24, 2.45) is 0 Å². The van der Waals surface area contributed by atoms with Crippen molar-refractivity contribution in [3.8, 4) is 0 Å². The van der Waals surface area contributed by atoms with E-state index in [0.717, 1.165) is 26.1 Å². The molecular weight excluding hydrogens is 230 g/mol. The van der Waals surface area contributed by atoms with Crippen LogP contribution in [-0.4, -0.2) is 75.7 Å². The van der Waals surface area contributed by atoms with Crippen LogP contribution in [0, 0.1) is 0 Å². The topological polar surface area (TPSA) is 44.8 Å². The molecule has 1 N–H and O–H groups in total. The van der Waals surface area contributed by atoms with Crippen LogP contribution in [-0.2, 0) is 9.53 Å². The maximum atomic E-state index is 11.6. The van der Waals surface area contributed by atoms with Gasteiger partial charge in [-0.2, -0.15) is 0 Å². The van der Waals surface area contributed by atoms with Gasteiger partial charge < -0.3 is 19.9 Å². The maximum Gasteiger partial charge on any atom is 0.322 e. The number of ether oxygens (including phenoxy) is 1. The van der Waals surface area contributed by atoms with Crippen LogP contribution in [0.4, 0.5) is 0 Å². The molecule has 0 aliphatic heterocycles. The molecule has 1 rings (SSSR count). The zero-order valence-electron chi connectivity index (χ0n) is 12.1. The molecular formula is C13H27N3O2. The SMILES string of the molecule is COC(=O)C(CCN(C)CCN(C)C)NC1CC1. The number of carbonyl (C=O) groups is 1. The first-order valence-electron chi connectivity index (χ1n) is 6.70. The number of hydrogen-bond donors (Lipinski definition) is 1. The predicted octanol–water partition coefficient (Wildman–Crippen LogP) is 0.164. The van der Waals surface area contributed by atoms with E-state index in [4.69, 9.17) is 4.74 Å². The lowest BCUT2D eigenvalue weighted by molar-refractivity contribution is -0.143. The number of rotatable bonds is 9. The highest BCUT2D eigenvalue weighted by Crippen LogP contribution is 2.20. The van der Waals surface area contributed by atoms with Crippen molar-refractivity contribution >= 4 is 5.97 Å². The fourth-order valence-electron chi connectivity index (χ4n) is 1.78. The molecule has 1 atom stereocenters. The van der Waals surface area contributed by atoms with Crippen LogP contribution in [0.1, 0.15) is 19.3 Å². The normalized spacial score (nSPS) is 17.2. The van der Waals surface area contributed by atoms with E-state index in [1.807, 2.05) is 0 Å². The Morgan fingerprint density at radius 3 is 2.44 bits per heavy atom. The largest absolute Gasteiger partial charge is 0.468 e. The highest BCUT2D eigenvalue weighted by molar-refractivity contribution is 5.75. The smallest absolute Gasteiger partial charge is 0.322 e. The van der Waals surface area contributed by atoms with Crippen LogP contribution in [0.25, 0.3) is 0 Å². The van der Waals surface area contributed by atoms with E-state index in [-0.39, 0.29) is 12.0 Å². The Balaban J connectivity index is 2.24. The molecule has 0 spiro atoms. The number of methoxy groups -OCH3 is 1. The Labute approximate surface area is 110 Å². The highest BCUT2D eigenvalue weighted by Gasteiger charge is 2.28. The molecule has 5 nitrogen and oxygen atoms in total. The predicted molar refractivity (Wildman–Crippen MR) is 72.6 cm³/mol. The molecule has 1 saturated carbocycles. The molecule has 1 aliphatic carbocycles. The van der Waals surface area contributed by atoms with E-state index in [9.17, 15) is 4.79 Å². The Bertz CT molecular complexity index is 255.